The summed E-state index contributed by atoms with van der Waals surface area (Å²) in [4.78, 5) is 57.2. The molecular weight excluding hydrogens is 1160 g/mol. The van der Waals surface area contributed by atoms with E-state index in [9.17, 15) is 19.2 Å². The summed E-state index contributed by atoms with van der Waals surface area (Å²) in [6.45, 7) is 3.59. The van der Waals surface area contributed by atoms with Crippen molar-refractivity contribution in [1.29, 1.82) is 0 Å². The van der Waals surface area contributed by atoms with E-state index in [0.717, 1.165) is 85.2 Å². The number of hydrogen-bond donors (Lipinski definition) is 2. The van der Waals surface area contributed by atoms with Crippen molar-refractivity contribution in [3.63, 3.8) is 0 Å². The highest BCUT2D eigenvalue weighted by molar-refractivity contribution is 9.11. The maximum absolute atomic E-state index is 12.9. The normalized spacial score (nSPS) is 24.0. The summed E-state index contributed by atoms with van der Waals surface area (Å²) >= 11 is 27.5. The van der Waals surface area contributed by atoms with Crippen LogP contribution in [0.4, 0.5) is 0 Å². The number of benzene rings is 2. The summed E-state index contributed by atoms with van der Waals surface area (Å²) in [5.41, 5.74) is 10.4. The topological polar surface area (TPSA) is 148 Å². The number of nitrogens with zero attached hydrogens (tertiary/aromatic N) is 3. The van der Waals surface area contributed by atoms with Crippen molar-refractivity contribution in [3.8, 4) is 0 Å². The van der Waals surface area contributed by atoms with Crippen molar-refractivity contribution in [2.45, 2.75) is 76.0 Å². The number of pyridine rings is 2. The lowest BCUT2D eigenvalue weighted by atomic mass is 9.76. The number of ether oxygens (including phenoxy) is 2. The Balaban J connectivity index is 0.000000156. The fourth-order valence-corrected chi connectivity index (χ4v) is 13.7. The van der Waals surface area contributed by atoms with Gasteiger partial charge in [0.25, 0.3) is 0 Å². The van der Waals surface area contributed by atoms with Crippen LogP contribution in [0.2, 0.25) is 10.0 Å². The second-order valence-electron chi connectivity index (χ2n) is 18.3. The molecule has 2 aromatic carbocycles. The lowest BCUT2D eigenvalue weighted by molar-refractivity contribution is -0.146. The number of aromatic nitrogens is 2. The molecule has 0 radical (unpaired) electrons. The molecule has 2 N–H and O–H groups in total. The lowest BCUT2D eigenvalue weighted by Crippen LogP contribution is -2.41. The standard InChI is InChI=1S/C25H25Br2ClN2O3.C19H19Br2ClN2.C6H8O4/c1-33-25(32)19-11-18(19)24(31)30-6-4-13(5-7-30)22-21-14(9-17(28)10-20(21)27)2-3-15-8-16(26)12-29-23(15)22;20-14-7-13-2-1-12-8-15(22)9-16(21)17(12)18(19(13)24-10-14)11-3-5-23-6-4-11;1-10-6(9)4-2-3(4)5(7)8/h8-10,12-13,18-19,22H,2-7,11H2,1H3;7-11,18,23H,1-6H2;3-4H,2H2,1H3,(H,7,8)/t18?,19?,22-;18-;/m11./s1. The van der Waals surface area contributed by atoms with Crippen molar-refractivity contribution in [2.24, 2.45) is 35.5 Å². The van der Waals surface area contributed by atoms with E-state index in [1.165, 1.54) is 66.1 Å². The van der Waals surface area contributed by atoms with Gasteiger partial charge < -0.3 is 24.8 Å². The molecule has 10 rings (SSSR count). The lowest BCUT2D eigenvalue weighted by Gasteiger charge is -2.37. The number of rotatable bonds is 6. The Morgan fingerprint density at radius 2 is 1.06 bits per heavy atom. The van der Waals surface area contributed by atoms with E-state index >= 15 is 0 Å². The third kappa shape index (κ3) is 11.5. The van der Waals surface area contributed by atoms with Gasteiger partial charge in [-0.25, -0.2) is 0 Å². The highest BCUT2D eigenvalue weighted by Gasteiger charge is 2.51. The third-order valence-electron chi connectivity index (χ3n) is 14.2. The number of nitrogens with one attached hydrogen (secondary N) is 1. The smallest absolute Gasteiger partial charge is 0.309 e. The highest BCUT2D eigenvalue weighted by Crippen LogP contribution is 2.49. The van der Waals surface area contributed by atoms with E-state index in [1.54, 1.807) is 0 Å². The van der Waals surface area contributed by atoms with Crippen LogP contribution in [0, 0.1) is 35.5 Å². The quantitative estimate of drug-likeness (QED) is 0.179. The number of aryl methyl sites for hydroxylation is 4. The van der Waals surface area contributed by atoms with Crippen LogP contribution in [-0.4, -0.2) is 84.2 Å². The number of amides is 1. The number of esters is 2. The predicted octanol–water partition coefficient (Wildman–Crippen LogP) is 10.9. The van der Waals surface area contributed by atoms with Gasteiger partial charge in [0, 0.05) is 65.3 Å². The van der Waals surface area contributed by atoms with Gasteiger partial charge in [-0.2, -0.15) is 0 Å². The minimum absolute atomic E-state index is 0.0977. The molecule has 2 saturated heterocycles. The van der Waals surface area contributed by atoms with Gasteiger partial charge >= 0.3 is 17.9 Å². The fourth-order valence-electron chi connectivity index (χ4n) is 10.7. The Kier molecular flexibility index (Phi) is 16.6. The maximum Gasteiger partial charge on any atom is 0.309 e. The van der Waals surface area contributed by atoms with Gasteiger partial charge in [-0.15, -0.1) is 0 Å². The summed E-state index contributed by atoms with van der Waals surface area (Å²) in [5.74, 6) is -1.35. The number of piperidine rings is 2. The molecule has 6 atom stereocenters. The van der Waals surface area contributed by atoms with Gasteiger partial charge in [-0.3, -0.25) is 29.1 Å². The van der Waals surface area contributed by atoms with E-state index in [0.29, 0.717) is 43.7 Å². The average molecular weight is 1210 g/mol. The number of carbonyl (C=O) groups excluding carboxylic acids is 3. The maximum atomic E-state index is 12.9. The van der Waals surface area contributed by atoms with Crippen LogP contribution in [-0.2, 0) is 54.3 Å². The van der Waals surface area contributed by atoms with E-state index in [-0.39, 0.29) is 35.5 Å². The molecule has 1 amide bonds. The second-order valence-corrected chi connectivity index (χ2v) is 22.7. The zero-order valence-electron chi connectivity index (χ0n) is 37.1. The summed E-state index contributed by atoms with van der Waals surface area (Å²) in [6.07, 6.45) is 12.9. The van der Waals surface area contributed by atoms with E-state index in [2.05, 4.69) is 98.0 Å². The number of likely N-dealkylation sites (tertiary alicyclic amines) is 1. The van der Waals surface area contributed by atoms with Crippen LogP contribution in [0.3, 0.4) is 0 Å². The molecule has 2 aromatic heterocycles. The Morgan fingerprint density at radius 3 is 1.51 bits per heavy atom. The molecular formula is C50H52Br4Cl2N4O7. The minimum atomic E-state index is -0.907. The molecule has 4 aromatic rings. The summed E-state index contributed by atoms with van der Waals surface area (Å²) in [7, 11) is 2.65. The molecule has 4 unspecified atom stereocenters. The van der Waals surface area contributed by atoms with Crippen LogP contribution in [0.15, 0.2) is 66.7 Å². The summed E-state index contributed by atoms with van der Waals surface area (Å²) in [5, 5.41) is 13.4. The number of methoxy groups -OCH3 is 2. The first kappa shape index (κ1) is 50.5. The fraction of sp³-hybridized carbons (Fsp3) is 0.480. The van der Waals surface area contributed by atoms with Crippen molar-refractivity contribution in [1.82, 2.24) is 20.2 Å². The van der Waals surface area contributed by atoms with Crippen molar-refractivity contribution >= 4 is 111 Å². The number of hydrogen-bond acceptors (Lipinski definition) is 9. The van der Waals surface area contributed by atoms with Gasteiger partial charge in [0.15, 0.2) is 0 Å². The van der Waals surface area contributed by atoms with Crippen LogP contribution in [0.1, 0.15) is 95.1 Å². The van der Waals surface area contributed by atoms with Gasteiger partial charge in [-0.1, -0.05) is 55.1 Å². The van der Waals surface area contributed by atoms with Crippen molar-refractivity contribution in [2.75, 3.05) is 40.4 Å². The summed E-state index contributed by atoms with van der Waals surface area (Å²) < 4.78 is 13.4. The van der Waals surface area contributed by atoms with E-state index < -0.39 is 17.9 Å². The second kappa shape index (κ2) is 22.0. The number of carboxylic acids is 1. The van der Waals surface area contributed by atoms with Gasteiger partial charge in [-0.05, 0) is 191 Å². The van der Waals surface area contributed by atoms with Gasteiger partial charge in [0.1, 0.15) is 0 Å². The number of carboxylic acid groups (broad SMARTS) is 1. The van der Waals surface area contributed by atoms with E-state index in [4.69, 9.17) is 43.0 Å². The Labute approximate surface area is 434 Å². The third-order valence-corrected chi connectivity index (χ3v) is 16.9. The largest absolute Gasteiger partial charge is 0.481 e. The average Bonchev–Trinajstić information content (AvgIpc) is 4.25. The van der Waals surface area contributed by atoms with Crippen molar-refractivity contribution < 1.29 is 33.8 Å². The highest BCUT2D eigenvalue weighted by atomic mass is 79.9. The number of halogens is 6. The molecule has 356 valence electrons. The zero-order valence-corrected chi connectivity index (χ0v) is 45.0. The first-order valence-electron chi connectivity index (χ1n) is 22.8. The molecule has 11 nitrogen and oxygen atoms in total. The van der Waals surface area contributed by atoms with Gasteiger partial charge in [0.05, 0.1) is 49.3 Å². The molecule has 17 heteroatoms. The van der Waals surface area contributed by atoms with Crippen LogP contribution in [0.5, 0.6) is 0 Å². The monoisotopic (exact) mass is 1210 g/mol. The number of carbonyl (C=O) groups is 4. The number of aliphatic carboxylic acids is 1. The Bertz CT molecular complexity index is 2550. The van der Waals surface area contributed by atoms with Crippen molar-refractivity contribution in [3.05, 3.63) is 121 Å². The molecule has 0 spiro atoms. The predicted molar refractivity (Wildman–Crippen MR) is 270 cm³/mol. The first-order valence-corrected chi connectivity index (χ1v) is 26.7. The molecule has 0 bridgehead atoms. The molecule has 67 heavy (non-hydrogen) atoms. The SMILES string of the molecule is COC(=O)C1CC1C(=O)N1CCC([C@H]2c3ncc(Br)cc3CCc3cc(Cl)cc(Br)c32)CC1.COC(=O)C1CC1C(=O)O.Clc1cc(Br)c2c(c1)CCc1cc(Br)cnc1[C@@H]2C1CCNCC1. The zero-order chi connectivity index (χ0) is 47.7. The number of fused-ring (bicyclic) bond motifs is 4. The van der Waals surface area contributed by atoms with Crippen LogP contribution >= 0.6 is 86.9 Å². The summed E-state index contributed by atoms with van der Waals surface area (Å²) in [6, 6.07) is 12.7. The van der Waals surface area contributed by atoms with Crippen LogP contribution < -0.4 is 5.32 Å². The molecule has 2 saturated carbocycles. The minimum Gasteiger partial charge on any atom is -0.481 e. The van der Waals surface area contributed by atoms with Crippen LogP contribution in [0.25, 0.3) is 0 Å². The molecule has 4 heterocycles. The molecule has 2 aliphatic heterocycles. The molecule has 4 aliphatic carbocycles. The Morgan fingerprint density at radius 1 is 0.627 bits per heavy atom. The first-order chi connectivity index (χ1) is 32.2. The van der Waals surface area contributed by atoms with Gasteiger partial charge in [0.2, 0.25) is 5.91 Å². The Hall–Kier alpha value is -2.92. The van der Waals surface area contributed by atoms with E-state index in [1.807, 2.05) is 29.4 Å². The molecule has 6 aliphatic rings. The molecule has 4 fully saturated rings.